The van der Waals surface area contributed by atoms with Crippen LogP contribution in [-0.4, -0.2) is 17.5 Å². The van der Waals surface area contributed by atoms with Gasteiger partial charge in [0.25, 0.3) is 5.91 Å². The van der Waals surface area contributed by atoms with Crippen molar-refractivity contribution in [1.82, 2.24) is 5.43 Å². The molecule has 0 aromatic heterocycles. The summed E-state index contributed by atoms with van der Waals surface area (Å²) >= 11 is 0. The first-order valence-corrected chi connectivity index (χ1v) is 7.80. The van der Waals surface area contributed by atoms with Crippen molar-refractivity contribution in [2.24, 2.45) is 11.8 Å². The molecule has 0 saturated heterocycles. The zero-order chi connectivity index (χ0) is 16.7. The van der Waals surface area contributed by atoms with E-state index in [9.17, 15) is 4.79 Å². The van der Waals surface area contributed by atoms with Crippen LogP contribution in [0.5, 0.6) is 0 Å². The Morgan fingerprint density at radius 3 is 2.45 bits per heavy atom. The van der Waals surface area contributed by atoms with Gasteiger partial charge in [0, 0.05) is 11.3 Å². The number of rotatable bonds is 3. The van der Waals surface area contributed by atoms with Crippen molar-refractivity contribution in [3.63, 3.8) is 0 Å². The maximum Gasteiger partial charge on any atom is 0.256 e. The van der Waals surface area contributed by atoms with Crippen molar-refractivity contribution in [2.75, 3.05) is 4.90 Å². The van der Waals surface area contributed by atoms with Gasteiger partial charge in [-0.15, -0.1) is 0 Å². The summed E-state index contributed by atoms with van der Waals surface area (Å²) in [6.07, 6.45) is 2.23. The Morgan fingerprint density at radius 1 is 1.27 bits per heavy atom. The summed E-state index contributed by atoms with van der Waals surface area (Å²) in [5.41, 5.74) is 6.83. The van der Waals surface area contributed by atoms with Crippen molar-refractivity contribution in [3.8, 4) is 0 Å². The van der Waals surface area contributed by atoms with Crippen LogP contribution in [0, 0.1) is 12.8 Å². The first kappa shape index (κ1) is 16.6. The molecule has 3 N–H and O–H groups in total. The smallest absolute Gasteiger partial charge is 0.256 e. The third-order valence-electron chi connectivity index (χ3n) is 4.41. The van der Waals surface area contributed by atoms with Crippen LogP contribution in [0.25, 0.3) is 5.57 Å². The summed E-state index contributed by atoms with van der Waals surface area (Å²) in [5, 5.41) is 0. The number of hydrazine groups is 1. The van der Waals surface area contributed by atoms with Crippen LogP contribution in [0.4, 0.5) is 5.69 Å². The van der Waals surface area contributed by atoms with Gasteiger partial charge >= 0.3 is 0 Å². The summed E-state index contributed by atoms with van der Waals surface area (Å²) in [7, 11) is 0. The average molecular weight is 301 g/mol. The van der Waals surface area contributed by atoms with E-state index in [4.69, 9.17) is 5.84 Å². The molecule has 2 rings (SSSR count). The van der Waals surface area contributed by atoms with E-state index in [-0.39, 0.29) is 23.4 Å². The lowest BCUT2D eigenvalue weighted by Gasteiger charge is -2.49. The van der Waals surface area contributed by atoms with E-state index in [1.54, 1.807) is 0 Å². The third kappa shape index (κ3) is 2.63. The third-order valence-corrected chi connectivity index (χ3v) is 4.41. The molecule has 1 aromatic rings. The molecule has 0 fully saturated rings. The number of amides is 1. The highest BCUT2D eigenvalue weighted by molar-refractivity contribution is 5.90. The Labute approximate surface area is 133 Å². The fourth-order valence-corrected chi connectivity index (χ4v) is 3.56. The Kier molecular flexibility index (Phi) is 4.34. The van der Waals surface area contributed by atoms with Crippen LogP contribution >= 0.6 is 0 Å². The Hall–Kier alpha value is -1.81. The van der Waals surface area contributed by atoms with Gasteiger partial charge in [-0.05, 0) is 44.7 Å². The number of fused-ring (bicyclic) bond motifs is 1. The normalized spacial score (nSPS) is 17.8. The summed E-state index contributed by atoms with van der Waals surface area (Å²) in [5.74, 6) is 5.44. The number of aryl methyl sites for hydroxylation is 1. The molecule has 1 aliphatic rings. The number of hydrogen-bond donors (Lipinski definition) is 2. The summed E-state index contributed by atoms with van der Waals surface area (Å²) < 4.78 is 0. The van der Waals surface area contributed by atoms with Crippen molar-refractivity contribution in [1.29, 1.82) is 0 Å². The maximum absolute atomic E-state index is 12.4. The van der Waals surface area contributed by atoms with Gasteiger partial charge in [0.2, 0.25) is 0 Å². The molecule has 0 saturated carbocycles. The number of carbonyl (C=O) groups is 1. The van der Waals surface area contributed by atoms with Crippen LogP contribution in [0.3, 0.4) is 0 Å². The molecular weight excluding hydrogens is 274 g/mol. The Morgan fingerprint density at radius 2 is 1.91 bits per heavy atom. The van der Waals surface area contributed by atoms with E-state index in [1.807, 2.05) is 0 Å². The molecule has 4 nitrogen and oxygen atoms in total. The van der Waals surface area contributed by atoms with Crippen molar-refractivity contribution < 1.29 is 4.79 Å². The molecule has 1 aromatic carbocycles. The van der Waals surface area contributed by atoms with Gasteiger partial charge in [-0.1, -0.05) is 38.1 Å². The van der Waals surface area contributed by atoms with Gasteiger partial charge in [-0.2, -0.15) is 0 Å². The van der Waals surface area contributed by atoms with E-state index < -0.39 is 0 Å². The van der Waals surface area contributed by atoms with E-state index in [0.29, 0.717) is 0 Å². The van der Waals surface area contributed by atoms with E-state index >= 15 is 0 Å². The first-order valence-electron chi connectivity index (χ1n) is 7.80. The minimum absolute atomic E-state index is 0.141. The summed E-state index contributed by atoms with van der Waals surface area (Å²) in [6.45, 7) is 12.6. The van der Waals surface area contributed by atoms with E-state index in [2.05, 4.69) is 76.1 Å². The molecule has 0 unspecified atom stereocenters. The lowest BCUT2D eigenvalue weighted by atomic mass is 9.84. The SMILES string of the molecule is CC1=CC(C)(C)N([C@@H](C(=O)NN)C(C)C)c2c(C)cccc21. The molecule has 22 heavy (non-hydrogen) atoms. The fourth-order valence-electron chi connectivity index (χ4n) is 3.56. The van der Waals surface area contributed by atoms with Gasteiger partial charge in [0.15, 0.2) is 0 Å². The highest BCUT2D eigenvalue weighted by Crippen LogP contribution is 2.43. The first-order chi connectivity index (χ1) is 10.2. The van der Waals surface area contributed by atoms with Crippen LogP contribution in [-0.2, 0) is 4.79 Å². The lowest BCUT2D eigenvalue weighted by molar-refractivity contribution is -0.123. The number of anilines is 1. The molecule has 1 heterocycles. The molecule has 4 heteroatoms. The number of hydrogen-bond acceptors (Lipinski definition) is 3. The Balaban J connectivity index is 2.71. The minimum atomic E-state index is -0.316. The maximum atomic E-state index is 12.4. The highest BCUT2D eigenvalue weighted by atomic mass is 16.2. The number of nitrogens with zero attached hydrogens (tertiary/aromatic N) is 1. The molecule has 0 radical (unpaired) electrons. The standard InChI is InChI=1S/C18H27N3O/c1-11(2)15(17(22)20-19)21-16-12(3)8-7-9-14(16)13(4)10-18(21,5)6/h7-11,15H,19H2,1-6H3,(H,20,22)/t15-/m1/s1. The van der Waals surface area contributed by atoms with Crippen LogP contribution in [0.15, 0.2) is 24.3 Å². The molecular formula is C18H27N3O. The van der Waals surface area contributed by atoms with Crippen molar-refractivity contribution >= 4 is 17.2 Å². The summed E-state index contributed by atoms with van der Waals surface area (Å²) in [6, 6.07) is 5.96. The second-order valence-corrected chi connectivity index (χ2v) is 7.02. The topological polar surface area (TPSA) is 58.4 Å². The quantitative estimate of drug-likeness (QED) is 0.512. The van der Waals surface area contributed by atoms with E-state index in [1.165, 1.54) is 16.7 Å². The largest absolute Gasteiger partial charge is 0.350 e. The second kappa shape index (κ2) is 5.76. The minimum Gasteiger partial charge on any atom is -0.350 e. The number of nitrogens with one attached hydrogen (secondary N) is 1. The van der Waals surface area contributed by atoms with Crippen molar-refractivity contribution in [3.05, 3.63) is 35.4 Å². The molecule has 1 aliphatic heterocycles. The fraction of sp³-hybridized carbons (Fsp3) is 0.500. The number of benzene rings is 1. The van der Waals surface area contributed by atoms with Crippen LogP contribution in [0.2, 0.25) is 0 Å². The molecule has 0 spiro atoms. The number of carbonyl (C=O) groups excluding carboxylic acids is 1. The molecule has 0 aliphatic carbocycles. The predicted octanol–water partition coefficient (Wildman–Crippen LogP) is 3.01. The molecule has 1 amide bonds. The van der Waals surface area contributed by atoms with Gasteiger partial charge in [0.05, 0.1) is 5.54 Å². The summed E-state index contributed by atoms with van der Waals surface area (Å²) in [4.78, 5) is 14.7. The predicted molar refractivity (Wildman–Crippen MR) is 92.3 cm³/mol. The molecule has 120 valence electrons. The second-order valence-electron chi connectivity index (χ2n) is 7.02. The molecule has 0 bridgehead atoms. The van der Waals surface area contributed by atoms with Gasteiger partial charge in [-0.3, -0.25) is 10.2 Å². The number of nitrogens with two attached hydrogens (primary N) is 1. The lowest BCUT2D eigenvalue weighted by Crippen LogP contribution is -2.60. The monoisotopic (exact) mass is 301 g/mol. The number of para-hydroxylation sites is 1. The van der Waals surface area contributed by atoms with Gasteiger partial charge in [0.1, 0.15) is 6.04 Å². The van der Waals surface area contributed by atoms with Crippen LogP contribution < -0.4 is 16.2 Å². The average Bonchev–Trinajstić information content (AvgIpc) is 2.42. The Bertz CT molecular complexity index is 617. The zero-order valence-corrected chi connectivity index (χ0v) is 14.4. The van der Waals surface area contributed by atoms with Gasteiger partial charge < -0.3 is 4.90 Å². The van der Waals surface area contributed by atoms with Gasteiger partial charge in [-0.25, -0.2) is 5.84 Å². The van der Waals surface area contributed by atoms with Crippen LogP contribution in [0.1, 0.15) is 45.7 Å². The highest BCUT2D eigenvalue weighted by Gasteiger charge is 2.41. The zero-order valence-electron chi connectivity index (χ0n) is 14.4. The number of allylic oxidation sites excluding steroid dienone is 1. The van der Waals surface area contributed by atoms with E-state index in [0.717, 1.165) is 5.69 Å². The van der Waals surface area contributed by atoms with Crippen molar-refractivity contribution in [2.45, 2.75) is 53.1 Å². The molecule has 1 atom stereocenters.